The molecule has 0 amide bonds. The molecule has 1 aliphatic carbocycles. The summed E-state index contributed by atoms with van der Waals surface area (Å²) in [6, 6.07) is 0. The molecule has 0 aromatic carbocycles. The predicted molar refractivity (Wildman–Crippen MR) is 37.5 cm³/mol. The molecule has 1 unspecified atom stereocenters. The third-order valence-electron chi connectivity index (χ3n) is 1.18. The average Bonchev–Trinajstić information content (AvgIpc) is 1.88. The van der Waals surface area contributed by atoms with Crippen LogP contribution in [0.5, 0.6) is 0 Å². The molecule has 0 heterocycles. The fourth-order valence-corrected chi connectivity index (χ4v) is 0.993. The van der Waals surface area contributed by atoms with E-state index in [1.54, 1.807) is 12.2 Å². The van der Waals surface area contributed by atoms with Crippen molar-refractivity contribution in [1.29, 1.82) is 0 Å². The van der Waals surface area contributed by atoms with E-state index in [-0.39, 0.29) is 5.38 Å². The van der Waals surface area contributed by atoms with E-state index < -0.39 is 0 Å². The molecule has 0 bridgehead atoms. The normalized spacial score (nSPS) is 25.4. The molecule has 0 aliphatic heterocycles. The van der Waals surface area contributed by atoms with Gasteiger partial charge in [-0.2, -0.15) is 0 Å². The van der Waals surface area contributed by atoms with E-state index in [0.717, 1.165) is 12.7 Å². The molecule has 0 aromatic heterocycles. The van der Waals surface area contributed by atoms with Crippen LogP contribution in [-0.2, 0) is 4.79 Å². The summed E-state index contributed by atoms with van der Waals surface area (Å²) < 4.78 is 0. The van der Waals surface area contributed by atoms with Gasteiger partial charge in [0.15, 0.2) is 0 Å². The van der Waals surface area contributed by atoms with Crippen LogP contribution in [0.3, 0.4) is 0 Å². The fourth-order valence-electron chi connectivity index (χ4n) is 0.745. The van der Waals surface area contributed by atoms with Crippen molar-refractivity contribution < 1.29 is 4.79 Å². The van der Waals surface area contributed by atoms with E-state index in [0.29, 0.717) is 5.57 Å². The maximum atomic E-state index is 10.1. The quantitative estimate of drug-likeness (QED) is 0.402. The molecule has 1 atom stereocenters. The van der Waals surface area contributed by atoms with Crippen LogP contribution in [0.4, 0.5) is 0 Å². The second-order valence-corrected chi connectivity index (χ2v) is 2.50. The van der Waals surface area contributed by atoms with Gasteiger partial charge >= 0.3 is 0 Å². The topological polar surface area (TPSA) is 17.1 Å². The minimum atomic E-state index is 0.00944. The highest BCUT2D eigenvalue weighted by atomic mass is 35.5. The van der Waals surface area contributed by atoms with E-state index in [1.807, 2.05) is 6.08 Å². The molecule has 1 aliphatic rings. The molecule has 48 valence electrons. The van der Waals surface area contributed by atoms with E-state index in [2.05, 4.69) is 0 Å². The van der Waals surface area contributed by atoms with Gasteiger partial charge in [0.25, 0.3) is 0 Å². The fraction of sp³-hybridized carbons (Fsp3) is 0.286. The van der Waals surface area contributed by atoms with Crippen molar-refractivity contribution in [2.75, 3.05) is 0 Å². The van der Waals surface area contributed by atoms with Gasteiger partial charge in [-0.3, -0.25) is 4.79 Å². The summed E-state index contributed by atoms with van der Waals surface area (Å²) in [5, 5.41) is 0.00944. The van der Waals surface area contributed by atoms with Crippen LogP contribution >= 0.6 is 11.6 Å². The van der Waals surface area contributed by atoms with Gasteiger partial charge in [0.05, 0.1) is 5.38 Å². The molecule has 1 nitrogen and oxygen atoms in total. The summed E-state index contributed by atoms with van der Waals surface area (Å²) in [5.41, 5.74) is 0.682. The molecular weight excluding hydrogens is 136 g/mol. The highest BCUT2D eigenvalue weighted by molar-refractivity contribution is 6.22. The molecule has 9 heavy (non-hydrogen) atoms. The summed E-state index contributed by atoms with van der Waals surface area (Å²) >= 11 is 5.70. The first kappa shape index (κ1) is 6.56. The zero-order chi connectivity index (χ0) is 6.69. The molecular formula is C7H7ClO. The number of halogens is 1. The first-order valence-corrected chi connectivity index (χ1v) is 3.24. The summed E-state index contributed by atoms with van der Waals surface area (Å²) in [6.45, 7) is 0. The lowest BCUT2D eigenvalue weighted by atomic mass is 10.1. The number of alkyl halides is 1. The zero-order valence-corrected chi connectivity index (χ0v) is 5.64. The summed E-state index contributed by atoms with van der Waals surface area (Å²) in [7, 11) is 0. The molecule has 0 fully saturated rings. The Morgan fingerprint density at radius 2 is 2.56 bits per heavy atom. The van der Waals surface area contributed by atoms with Crippen LogP contribution in [0.2, 0.25) is 0 Å². The number of rotatable bonds is 1. The Morgan fingerprint density at radius 3 is 3.00 bits per heavy atom. The van der Waals surface area contributed by atoms with Gasteiger partial charge in [0.1, 0.15) is 6.29 Å². The number of allylic oxidation sites excluding steroid dienone is 4. The van der Waals surface area contributed by atoms with Crippen LogP contribution in [0.15, 0.2) is 23.8 Å². The van der Waals surface area contributed by atoms with Crippen LogP contribution in [-0.4, -0.2) is 11.7 Å². The lowest BCUT2D eigenvalue weighted by molar-refractivity contribution is -0.104. The molecule has 0 radical (unpaired) electrons. The highest BCUT2D eigenvalue weighted by Crippen LogP contribution is 2.13. The lowest BCUT2D eigenvalue weighted by Crippen LogP contribution is -1.98. The minimum Gasteiger partial charge on any atom is -0.298 e. The van der Waals surface area contributed by atoms with Crippen molar-refractivity contribution in [3.63, 3.8) is 0 Å². The Bertz CT molecular complexity index is 170. The average molecular weight is 143 g/mol. The summed E-state index contributed by atoms with van der Waals surface area (Å²) in [6.07, 6.45) is 7.09. The van der Waals surface area contributed by atoms with Crippen LogP contribution < -0.4 is 0 Å². The van der Waals surface area contributed by atoms with Gasteiger partial charge < -0.3 is 0 Å². The molecule has 0 saturated carbocycles. The third kappa shape index (κ3) is 1.68. The summed E-state index contributed by atoms with van der Waals surface area (Å²) in [4.78, 5) is 10.1. The van der Waals surface area contributed by atoms with Gasteiger partial charge in [-0.15, -0.1) is 11.6 Å². The first-order chi connectivity index (χ1) is 4.33. The van der Waals surface area contributed by atoms with Gasteiger partial charge in [-0.25, -0.2) is 0 Å². The SMILES string of the molecule is O=CC1=CC(Cl)CC=C1. The van der Waals surface area contributed by atoms with Crippen LogP contribution in [0.25, 0.3) is 0 Å². The van der Waals surface area contributed by atoms with E-state index >= 15 is 0 Å². The predicted octanol–water partition coefficient (Wildman–Crippen LogP) is 1.68. The monoisotopic (exact) mass is 142 g/mol. The molecule has 0 spiro atoms. The Labute approximate surface area is 59.0 Å². The van der Waals surface area contributed by atoms with Crippen LogP contribution in [0.1, 0.15) is 6.42 Å². The van der Waals surface area contributed by atoms with Gasteiger partial charge in [0, 0.05) is 5.57 Å². The molecule has 0 saturated heterocycles. The van der Waals surface area contributed by atoms with E-state index in [9.17, 15) is 4.79 Å². The van der Waals surface area contributed by atoms with E-state index in [4.69, 9.17) is 11.6 Å². The summed E-state index contributed by atoms with van der Waals surface area (Å²) in [5.74, 6) is 0. The van der Waals surface area contributed by atoms with Gasteiger partial charge in [-0.1, -0.05) is 18.2 Å². The zero-order valence-electron chi connectivity index (χ0n) is 4.88. The van der Waals surface area contributed by atoms with Crippen LogP contribution in [0, 0.1) is 0 Å². The van der Waals surface area contributed by atoms with Crippen molar-refractivity contribution in [2.45, 2.75) is 11.8 Å². The van der Waals surface area contributed by atoms with Crippen molar-refractivity contribution in [1.82, 2.24) is 0 Å². The number of aldehydes is 1. The molecule has 0 aromatic rings. The maximum absolute atomic E-state index is 10.1. The standard InChI is InChI=1S/C7H7ClO/c8-7-3-1-2-6(4-7)5-9/h1-2,4-5,7H,3H2. The van der Waals surface area contributed by atoms with Gasteiger partial charge in [-0.05, 0) is 6.42 Å². The lowest BCUT2D eigenvalue weighted by Gasteiger charge is -2.04. The smallest absolute Gasteiger partial charge is 0.149 e. The van der Waals surface area contributed by atoms with Crippen molar-refractivity contribution >= 4 is 17.9 Å². The maximum Gasteiger partial charge on any atom is 0.149 e. The Morgan fingerprint density at radius 1 is 1.78 bits per heavy atom. The second kappa shape index (κ2) is 2.83. The Balaban J connectivity index is 2.70. The second-order valence-electron chi connectivity index (χ2n) is 1.94. The Hall–Kier alpha value is -0.560. The van der Waals surface area contributed by atoms with Gasteiger partial charge in [0.2, 0.25) is 0 Å². The van der Waals surface area contributed by atoms with Crippen molar-refractivity contribution in [3.05, 3.63) is 23.8 Å². The number of carbonyl (C=O) groups is 1. The Kier molecular flexibility index (Phi) is 2.06. The van der Waals surface area contributed by atoms with E-state index in [1.165, 1.54) is 0 Å². The van der Waals surface area contributed by atoms with Crippen molar-refractivity contribution in [3.8, 4) is 0 Å². The molecule has 1 rings (SSSR count). The third-order valence-corrected chi connectivity index (χ3v) is 1.49. The number of carbonyl (C=O) groups excluding carboxylic acids is 1. The number of hydrogen-bond acceptors (Lipinski definition) is 1. The molecule has 0 N–H and O–H groups in total. The minimum absolute atomic E-state index is 0.00944. The van der Waals surface area contributed by atoms with Crippen molar-refractivity contribution in [2.24, 2.45) is 0 Å². The highest BCUT2D eigenvalue weighted by Gasteiger charge is 2.03. The first-order valence-electron chi connectivity index (χ1n) is 2.80. The largest absolute Gasteiger partial charge is 0.298 e. The number of hydrogen-bond donors (Lipinski definition) is 0. The molecule has 2 heteroatoms.